The summed E-state index contributed by atoms with van der Waals surface area (Å²) in [5, 5.41) is 7.96. The van der Waals surface area contributed by atoms with Gasteiger partial charge in [0.05, 0.1) is 28.3 Å². The highest BCUT2D eigenvalue weighted by Gasteiger charge is 2.33. The highest BCUT2D eigenvalue weighted by molar-refractivity contribution is 7.91. The monoisotopic (exact) mass is 515 g/mol. The highest BCUT2D eigenvalue weighted by Crippen LogP contribution is 2.32. The van der Waals surface area contributed by atoms with E-state index in [9.17, 15) is 26.0 Å². The predicted octanol–water partition coefficient (Wildman–Crippen LogP) is 2.43. The first-order valence-electron chi connectivity index (χ1n) is 10.7. The average Bonchev–Trinajstić information content (AvgIpc) is 3.17. The van der Waals surface area contributed by atoms with Gasteiger partial charge in [0.2, 0.25) is 5.88 Å². The molecule has 0 fully saturated rings. The van der Waals surface area contributed by atoms with Crippen molar-refractivity contribution in [3.63, 3.8) is 0 Å². The molecule has 0 amide bonds. The number of rotatable bonds is 10. The molecule has 0 radical (unpaired) electrons. The number of carbonyl (C=O) groups is 1. The molecule has 0 atom stereocenters. The number of fused-ring (bicyclic) bond motifs is 1. The third-order valence-corrected chi connectivity index (χ3v) is 8.31. The van der Waals surface area contributed by atoms with Crippen molar-refractivity contribution in [2.45, 2.75) is 45.1 Å². The molecule has 1 aromatic carbocycles. The lowest BCUT2D eigenvalue weighted by atomic mass is 9.93. The first-order valence-corrected chi connectivity index (χ1v) is 13.9. The van der Waals surface area contributed by atoms with E-state index in [0.717, 1.165) is 0 Å². The van der Waals surface area contributed by atoms with Crippen LogP contribution < -0.4 is 4.18 Å². The van der Waals surface area contributed by atoms with E-state index in [1.165, 1.54) is 23.0 Å². The molecule has 13 heteroatoms. The second-order valence-electron chi connectivity index (χ2n) is 7.59. The van der Waals surface area contributed by atoms with Gasteiger partial charge in [-0.2, -0.15) is 13.5 Å². The van der Waals surface area contributed by atoms with Crippen molar-refractivity contribution < 1.29 is 35.0 Å². The third-order valence-electron chi connectivity index (χ3n) is 5.24. The van der Waals surface area contributed by atoms with Crippen LogP contribution in [0, 0.1) is 6.92 Å². The van der Waals surface area contributed by atoms with Gasteiger partial charge in [-0.1, -0.05) is 12.1 Å². The molecule has 34 heavy (non-hydrogen) atoms. The number of hydrogen-bond acceptors (Lipinski definition) is 9. The lowest BCUT2D eigenvalue weighted by Gasteiger charge is -2.21. The molecule has 0 N–H and O–H groups in total. The molecule has 1 aliphatic rings. The summed E-state index contributed by atoms with van der Waals surface area (Å²) >= 11 is 0. The second-order valence-corrected chi connectivity index (χ2v) is 11.4. The fourth-order valence-electron chi connectivity index (χ4n) is 3.67. The van der Waals surface area contributed by atoms with Gasteiger partial charge in [0.15, 0.2) is 15.6 Å². The fraction of sp³-hybridized carbons (Fsp3) is 0.476. The topological polar surface area (TPSA) is 134 Å². The van der Waals surface area contributed by atoms with Gasteiger partial charge in [0.1, 0.15) is 18.8 Å². The Kier molecular flexibility index (Phi) is 7.76. The minimum Gasteiger partial charge on any atom is -0.393 e. The summed E-state index contributed by atoms with van der Waals surface area (Å²) in [4.78, 5) is 18.4. The van der Waals surface area contributed by atoms with Crippen LogP contribution in [-0.4, -0.2) is 62.9 Å². The molecular weight excluding hydrogens is 489 g/mol. The van der Waals surface area contributed by atoms with E-state index in [1.807, 2.05) is 0 Å². The summed E-state index contributed by atoms with van der Waals surface area (Å²) in [5.74, 6) is -1.22. The molecule has 2 heterocycles. The minimum absolute atomic E-state index is 0.00153. The molecule has 10 nitrogen and oxygen atoms in total. The normalized spacial score (nSPS) is 16.3. The number of ketones is 1. The molecule has 0 saturated carbocycles. The van der Waals surface area contributed by atoms with Crippen molar-refractivity contribution in [2.75, 3.05) is 24.8 Å². The Morgan fingerprint density at radius 2 is 2.00 bits per heavy atom. The number of carbonyl (C=O) groups excluding carboxylic acids is 1. The standard InChI is InChI=1S/C21H26FN3O7S2/c1-4-11-34(29,30)32-21-16(13-23-25(21)5-2)20(26)15-6-7-18-19(14(15)3)17(24-31-10-9-22)8-12-33(18,27)28/h6-7,13H,4-5,8-12H2,1-3H3/b24-17+. The number of alkyl halides is 1. The Hall–Kier alpha value is -2.80. The number of sulfone groups is 1. The second kappa shape index (κ2) is 10.2. The largest absolute Gasteiger partial charge is 0.393 e. The van der Waals surface area contributed by atoms with Crippen LogP contribution in [0.15, 0.2) is 28.4 Å². The molecule has 0 bridgehead atoms. The van der Waals surface area contributed by atoms with Crippen LogP contribution in [0.25, 0.3) is 0 Å². The Balaban J connectivity index is 2.12. The van der Waals surface area contributed by atoms with Gasteiger partial charge in [-0.05, 0) is 38.0 Å². The van der Waals surface area contributed by atoms with Gasteiger partial charge >= 0.3 is 10.1 Å². The van der Waals surface area contributed by atoms with Gasteiger partial charge in [-0.25, -0.2) is 17.5 Å². The minimum atomic E-state index is -3.95. The lowest BCUT2D eigenvalue weighted by molar-refractivity contribution is 0.103. The zero-order valence-electron chi connectivity index (χ0n) is 19.1. The van der Waals surface area contributed by atoms with Crippen LogP contribution in [0.2, 0.25) is 0 Å². The number of oxime groups is 1. The maximum Gasteiger partial charge on any atom is 0.310 e. The van der Waals surface area contributed by atoms with Gasteiger partial charge in [0, 0.05) is 24.1 Å². The van der Waals surface area contributed by atoms with Crippen LogP contribution in [0.4, 0.5) is 4.39 Å². The first kappa shape index (κ1) is 25.8. The molecule has 1 aliphatic heterocycles. The van der Waals surface area contributed by atoms with E-state index in [-0.39, 0.29) is 64.3 Å². The number of aryl methyl sites for hydroxylation is 1. The summed E-state index contributed by atoms with van der Waals surface area (Å²) in [6.07, 6.45) is 1.59. The van der Waals surface area contributed by atoms with Gasteiger partial charge in [0.25, 0.3) is 0 Å². The van der Waals surface area contributed by atoms with Crippen molar-refractivity contribution in [1.29, 1.82) is 0 Å². The molecule has 1 aromatic heterocycles. The molecule has 0 saturated heterocycles. The maximum atomic E-state index is 13.5. The van der Waals surface area contributed by atoms with Crippen LogP contribution in [0.5, 0.6) is 5.88 Å². The number of halogens is 1. The van der Waals surface area contributed by atoms with Gasteiger partial charge in [-0.15, -0.1) is 0 Å². The Bertz CT molecular complexity index is 1330. The fourth-order valence-corrected chi connectivity index (χ4v) is 6.20. The van der Waals surface area contributed by atoms with Gasteiger partial charge < -0.3 is 9.02 Å². The van der Waals surface area contributed by atoms with Crippen molar-refractivity contribution in [1.82, 2.24) is 9.78 Å². The molecule has 3 rings (SSSR count). The Morgan fingerprint density at radius 3 is 2.65 bits per heavy atom. The summed E-state index contributed by atoms with van der Waals surface area (Å²) in [6, 6.07) is 2.68. The van der Waals surface area contributed by atoms with E-state index in [0.29, 0.717) is 12.0 Å². The SMILES string of the molecule is CCCS(=O)(=O)Oc1c(C(=O)c2ccc3c(c2C)/C(=N/OCCF)CCS3(=O)=O)cnn1CC. The molecule has 0 spiro atoms. The Morgan fingerprint density at radius 1 is 1.26 bits per heavy atom. The number of benzene rings is 1. The number of hydrogen-bond donors (Lipinski definition) is 0. The van der Waals surface area contributed by atoms with Crippen molar-refractivity contribution >= 4 is 31.5 Å². The summed E-state index contributed by atoms with van der Waals surface area (Å²) in [5.41, 5.74) is 0.884. The zero-order chi connectivity index (χ0) is 25.1. The highest BCUT2D eigenvalue weighted by atomic mass is 32.2. The molecular formula is C21H26FN3O7S2. The number of aromatic nitrogens is 2. The quantitative estimate of drug-likeness (QED) is 0.204. The molecule has 2 aromatic rings. The zero-order valence-corrected chi connectivity index (χ0v) is 20.7. The average molecular weight is 516 g/mol. The third kappa shape index (κ3) is 5.14. The number of nitrogens with zero attached hydrogens (tertiary/aromatic N) is 3. The van der Waals surface area contributed by atoms with Gasteiger partial charge in [-0.3, -0.25) is 4.79 Å². The molecule has 0 aliphatic carbocycles. The van der Waals surface area contributed by atoms with E-state index in [2.05, 4.69) is 10.3 Å². The van der Waals surface area contributed by atoms with Crippen molar-refractivity contribution in [3.8, 4) is 5.88 Å². The Labute approximate surface area is 197 Å². The lowest BCUT2D eigenvalue weighted by Crippen LogP contribution is -2.25. The molecule has 0 unspecified atom stereocenters. The first-order chi connectivity index (χ1) is 16.1. The van der Waals surface area contributed by atoms with Crippen LogP contribution >= 0.6 is 0 Å². The van der Waals surface area contributed by atoms with E-state index in [1.54, 1.807) is 20.8 Å². The van der Waals surface area contributed by atoms with Crippen LogP contribution in [0.3, 0.4) is 0 Å². The van der Waals surface area contributed by atoms with Crippen LogP contribution in [-0.2, 0) is 31.3 Å². The predicted molar refractivity (Wildman–Crippen MR) is 122 cm³/mol. The van der Waals surface area contributed by atoms with Crippen LogP contribution in [0.1, 0.15) is 53.7 Å². The summed E-state index contributed by atoms with van der Waals surface area (Å²) < 4.78 is 68.7. The summed E-state index contributed by atoms with van der Waals surface area (Å²) in [7, 11) is -7.56. The van der Waals surface area contributed by atoms with E-state index < -0.39 is 32.4 Å². The van der Waals surface area contributed by atoms with Crippen molar-refractivity contribution in [2.24, 2.45) is 5.16 Å². The summed E-state index contributed by atoms with van der Waals surface area (Å²) in [6.45, 7) is 4.18. The maximum absolute atomic E-state index is 13.5. The smallest absolute Gasteiger partial charge is 0.310 e. The van der Waals surface area contributed by atoms with E-state index >= 15 is 0 Å². The van der Waals surface area contributed by atoms with E-state index in [4.69, 9.17) is 9.02 Å². The molecule has 186 valence electrons. The van der Waals surface area contributed by atoms with Crippen molar-refractivity contribution in [3.05, 3.63) is 40.6 Å².